The zero-order chi connectivity index (χ0) is 15.6. The van der Waals surface area contributed by atoms with Gasteiger partial charge in [-0.05, 0) is 30.5 Å². The Kier molecular flexibility index (Phi) is 4.04. The molecule has 1 aliphatic rings. The van der Waals surface area contributed by atoms with Gasteiger partial charge < -0.3 is 9.15 Å². The van der Waals surface area contributed by atoms with Crippen LogP contribution in [0.25, 0.3) is 0 Å². The van der Waals surface area contributed by atoms with E-state index in [0.717, 1.165) is 18.4 Å². The summed E-state index contributed by atoms with van der Waals surface area (Å²) >= 11 is 0. The van der Waals surface area contributed by atoms with Gasteiger partial charge in [0, 0.05) is 5.92 Å². The van der Waals surface area contributed by atoms with Gasteiger partial charge in [-0.15, -0.1) is 23.4 Å². The zero-order valence-corrected chi connectivity index (χ0v) is 11.8. The minimum absolute atomic E-state index is 0.242. The Bertz CT molecular complexity index is 616. The second-order valence-corrected chi connectivity index (χ2v) is 5.38. The van der Waals surface area contributed by atoms with E-state index in [1.807, 2.05) is 0 Å². The topological polar surface area (TPSA) is 48.2 Å². The highest BCUT2D eigenvalue weighted by Gasteiger charge is 2.31. The molecule has 0 amide bonds. The number of nitrogens with zero attached hydrogens (tertiary/aromatic N) is 2. The molecule has 1 aromatic heterocycles. The van der Waals surface area contributed by atoms with Gasteiger partial charge in [-0.25, -0.2) is 0 Å². The Morgan fingerprint density at radius 3 is 2.41 bits per heavy atom. The van der Waals surface area contributed by atoms with Gasteiger partial charge in [0.05, 0.1) is 6.42 Å². The van der Waals surface area contributed by atoms with Gasteiger partial charge >= 0.3 is 6.36 Å². The maximum atomic E-state index is 12.1. The molecule has 0 spiro atoms. The normalized spacial score (nSPS) is 16.1. The van der Waals surface area contributed by atoms with E-state index in [-0.39, 0.29) is 5.75 Å². The molecule has 0 unspecified atom stereocenters. The summed E-state index contributed by atoms with van der Waals surface area (Å²) in [4.78, 5) is 0. The van der Waals surface area contributed by atoms with E-state index in [2.05, 4.69) is 14.9 Å². The fourth-order valence-corrected chi connectivity index (χ4v) is 2.66. The lowest BCUT2D eigenvalue weighted by molar-refractivity contribution is -0.274. The molecule has 3 rings (SSSR count). The van der Waals surface area contributed by atoms with Gasteiger partial charge in [0.25, 0.3) is 0 Å². The van der Waals surface area contributed by atoms with Crippen LogP contribution in [0.4, 0.5) is 13.2 Å². The quantitative estimate of drug-likeness (QED) is 0.848. The SMILES string of the molecule is FC(F)(F)Oc1ccc(Cc2nnc(C3CCCC3)o2)cc1. The van der Waals surface area contributed by atoms with Crippen LogP contribution in [0.1, 0.15) is 48.9 Å². The highest BCUT2D eigenvalue weighted by atomic mass is 19.4. The van der Waals surface area contributed by atoms with Crippen LogP contribution in [-0.2, 0) is 6.42 Å². The second kappa shape index (κ2) is 5.98. The number of hydrogen-bond acceptors (Lipinski definition) is 4. The first-order valence-corrected chi connectivity index (χ1v) is 7.16. The summed E-state index contributed by atoms with van der Waals surface area (Å²) in [7, 11) is 0. The zero-order valence-electron chi connectivity index (χ0n) is 11.8. The highest BCUT2D eigenvalue weighted by molar-refractivity contribution is 5.28. The lowest BCUT2D eigenvalue weighted by Gasteiger charge is -2.08. The summed E-state index contributed by atoms with van der Waals surface area (Å²) in [5, 5.41) is 8.08. The van der Waals surface area contributed by atoms with E-state index in [1.165, 1.54) is 25.0 Å². The lowest BCUT2D eigenvalue weighted by Crippen LogP contribution is -2.17. The highest BCUT2D eigenvalue weighted by Crippen LogP contribution is 2.33. The summed E-state index contributed by atoms with van der Waals surface area (Å²) in [6.45, 7) is 0. The first kappa shape index (κ1) is 14.9. The van der Waals surface area contributed by atoms with Crippen LogP contribution in [0.5, 0.6) is 5.75 Å². The van der Waals surface area contributed by atoms with Gasteiger partial charge in [0.2, 0.25) is 11.8 Å². The number of hydrogen-bond donors (Lipinski definition) is 0. The van der Waals surface area contributed by atoms with Crippen LogP contribution in [0, 0.1) is 0 Å². The molecule has 1 saturated carbocycles. The molecule has 0 bridgehead atoms. The van der Waals surface area contributed by atoms with Crippen molar-refractivity contribution in [3.05, 3.63) is 41.6 Å². The molecule has 0 aliphatic heterocycles. The van der Waals surface area contributed by atoms with Crippen LogP contribution in [-0.4, -0.2) is 16.6 Å². The molecule has 1 heterocycles. The molecule has 2 aromatic rings. The van der Waals surface area contributed by atoms with E-state index < -0.39 is 6.36 Å². The molecule has 1 aliphatic carbocycles. The van der Waals surface area contributed by atoms with Crippen molar-refractivity contribution < 1.29 is 22.3 Å². The largest absolute Gasteiger partial charge is 0.573 e. The third kappa shape index (κ3) is 3.78. The number of benzene rings is 1. The molecule has 0 N–H and O–H groups in total. The van der Waals surface area contributed by atoms with Gasteiger partial charge in [-0.3, -0.25) is 0 Å². The number of rotatable bonds is 4. The summed E-state index contributed by atoms with van der Waals surface area (Å²) in [5.74, 6) is 1.26. The Morgan fingerprint density at radius 2 is 1.77 bits per heavy atom. The predicted octanol–water partition coefficient (Wildman–Crippen LogP) is 4.22. The first-order chi connectivity index (χ1) is 10.5. The molecule has 1 aromatic carbocycles. The van der Waals surface area contributed by atoms with Crippen molar-refractivity contribution in [2.24, 2.45) is 0 Å². The van der Waals surface area contributed by atoms with Crippen LogP contribution in [0.3, 0.4) is 0 Å². The molecule has 22 heavy (non-hydrogen) atoms. The molecule has 1 fully saturated rings. The van der Waals surface area contributed by atoms with E-state index >= 15 is 0 Å². The minimum Gasteiger partial charge on any atom is -0.425 e. The molecule has 118 valence electrons. The van der Waals surface area contributed by atoms with Crippen molar-refractivity contribution in [3.8, 4) is 5.75 Å². The monoisotopic (exact) mass is 312 g/mol. The molecule has 0 radical (unpaired) electrons. The van der Waals surface area contributed by atoms with Gasteiger partial charge in [0.15, 0.2) is 0 Å². The maximum Gasteiger partial charge on any atom is 0.573 e. The number of aromatic nitrogens is 2. The summed E-state index contributed by atoms with van der Waals surface area (Å²) in [5.41, 5.74) is 0.788. The van der Waals surface area contributed by atoms with Crippen molar-refractivity contribution in [1.82, 2.24) is 10.2 Å². The Balaban J connectivity index is 1.63. The minimum atomic E-state index is -4.68. The smallest absolute Gasteiger partial charge is 0.425 e. The molecule has 7 heteroatoms. The average Bonchev–Trinajstić information content (AvgIpc) is 3.10. The maximum absolute atomic E-state index is 12.1. The van der Waals surface area contributed by atoms with Crippen molar-refractivity contribution in [3.63, 3.8) is 0 Å². The summed E-state index contributed by atoms with van der Waals surface area (Å²) in [6.07, 6.45) is 0.235. The van der Waals surface area contributed by atoms with Gasteiger partial charge in [-0.1, -0.05) is 25.0 Å². The van der Waals surface area contributed by atoms with Crippen LogP contribution >= 0.6 is 0 Å². The summed E-state index contributed by atoms with van der Waals surface area (Å²) < 4.78 is 45.7. The van der Waals surface area contributed by atoms with E-state index in [9.17, 15) is 13.2 Å². The molecule has 0 atom stereocenters. The fourth-order valence-electron chi connectivity index (χ4n) is 2.66. The van der Waals surface area contributed by atoms with E-state index in [0.29, 0.717) is 24.1 Å². The fraction of sp³-hybridized carbons (Fsp3) is 0.467. The van der Waals surface area contributed by atoms with Crippen LogP contribution < -0.4 is 4.74 Å². The molecule has 0 saturated heterocycles. The predicted molar refractivity (Wildman–Crippen MR) is 71.4 cm³/mol. The number of halogens is 3. The van der Waals surface area contributed by atoms with E-state index in [1.54, 1.807) is 12.1 Å². The average molecular weight is 312 g/mol. The Labute approximate surface area is 125 Å². The second-order valence-electron chi connectivity index (χ2n) is 5.38. The molecular formula is C15H15F3N2O2. The Hall–Kier alpha value is -2.05. The number of alkyl halides is 3. The van der Waals surface area contributed by atoms with Crippen molar-refractivity contribution >= 4 is 0 Å². The third-order valence-corrected chi connectivity index (χ3v) is 3.70. The van der Waals surface area contributed by atoms with Crippen molar-refractivity contribution in [2.75, 3.05) is 0 Å². The summed E-state index contributed by atoms with van der Waals surface area (Å²) in [6, 6.07) is 5.66. The van der Waals surface area contributed by atoms with Gasteiger partial charge in [-0.2, -0.15) is 0 Å². The first-order valence-electron chi connectivity index (χ1n) is 7.16. The Morgan fingerprint density at radius 1 is 1.09 bits per heavy atom. The third-order valence-electron chi connectivity index (χ3n) is 3.70. The molecular weight excluding hydrogens is 297 g/mol. The standard InChI is InChI=1S/C15H15F3N2O2/c16-15(17,18)22-12-7-5-10(6-8-12)9-13-19-20-14(21-13)11-3-1-2-4-11/h5-8,11H,1-4,9H2. The van der Waals surface area contributed by atoms with E-state index in [4.69, 9.17) is 4.42 Å². The van der Waals surface area contributed by atoms with Crippen LogP contribution in [0.15, 0.2) is 28.7 Å². The lowest BCUT2D eigenvalue weighted by atomic mass is 10.1. The van der Waals surface area contributed by atoms with Gasteiger partial charge in [0.1, 0.15) is 5.75 Å². The number of ether oxygens (including phenoxy) is 1. The van der Waals surface area contributed by atoms with Crippen LogP contribution in [0.2, 0.25) is 0 Å². The van der Waals surface area contributed by atoms with Crippen molar-refractivity contribution in [2.45, 2.75) is 44.4 Å². The van der Waals surface area contributed by atoms with Crippen molar-refractivity contribution in [1.29, 1.82) is 0 Å². The molecule has 4 nitrogen and oxygen atoms in total.